The van der Waals surface area contributed by atoms with Crippen molar-refractivity contribution >= 4 is 37.3 Å². The lowest BCUT2D eigenvalue weighted by Crippen LogP contribution is -2.60. The molecule has 0 aliphatic carbocycles. The van der Waals surface area contributed by atoms with E-state index in [4.69, 9.17) is 9.94 Å². The summed E-state index contributed by atoms with van der Waals surface area (Å²) >= 11 is 1.03. The van der Waals surface area contributed by atoms with Gasteiger partial charge in [0.2, 0.25) is 10.0 Å². The summed E-state index contributed by atoms with van der Waals surface area (Å²) in [6, 6.07) is 8.82. The van der Waals surface area contributed by atoms with Crippen molar-refractivity contribution in [3.05, 3.63) is 36.4 Å². The molecule has 2 N–H and O–H groups in total. The third-order valence-corrected chi connectivity index (χ3v) is 9.47. The fourth-order valence-corrected chi connectivity index (χ4v) is 6.94. The van der Waals surface area contributed by atoms with Crippen LogP contribution in [0.25, 0.3) is 10.4 Å². The van der Waals surface area contributed by atoms with Gasteiger partial charge in [0.1, 0.15) is 16.0 Å². The number of ether oxygens (including phenoxy) is 1. The highest BCUT2D eigenvalue weighted by atomic mass is 32.2. The standard InChI is InChI=1S/C17H21N3O7S3/c1-27-13-5-3-12(4-6-13)15-7-8-16(28-15)30(25,26)20-10-9-19(29(2,23)24)11-14(20)17(21)18-22/h3-8,14,22H,9-11H2,1-2H3,(H,18,21)/t14-/m1/s1. The molecule has 30 heavy (non-hydrogen) atoms. The summed E-state index contributed by atoms with van der Waals surface area (Å²) in [6.45, 7) is -0.700. The summed E-state index contributed by atoms with van der Waals surface area (Å²) in [5, 5.41) is 9.03. The number of hydrogen-bond donors (Lipinski definition) is 2. The smallest absolute Gasteiger partial charge is 0.263 e. The van der Waals surface area contributed by atoms with Crippen LogP contribution in [0.1, 0.15) is 0 Å². The Morgan fingerprint density at radius 2 is 1.80 bits per heavy atom. The van der Waals surface area contributed by atoms with Gasteiger partial charge in [-0.05, 0) is 42.0 Å². The van der Waals surface area contributed by atoms with Crippen LogP contribution in [0, 0.1) is 0 Å². The second kappa shape index (κ2) is 8.61. The van der Waals surface area contributed by atoms with E-state index in [0.29, 0.717) is 10.6 Å². The van der Waals surface area contributed by atoms with Crippen molar-refractivity contribution in [1.29, 1.82) is 0 Å². The summed E-state index contributed by atoms with van der Waals surface area (Å²) in [5.41, 5.74) is 2.23. The Kier molecular flexibility index (Phi) is 6.50. The summed E-state index contributed by atoms with van der Waals surface area (Å²) in [6.07, 6.45) is 0.978. The van der Waals surface area contributed by atoms with Crippen molar-refractivity contribution in [1.82, 2.24) is 14.1 Å². The molecule has 0 spiro atoms. The number of nitrogens with one attached hydrogen (secondary N) is 1. The fourth-order valence-electron chi connectivity index (χ4n) is 3.10. The SMILES string of the molecule is COc1ccc(-c2ccc(S(=O)(=O)N3CCN(S(C)(=O)=O)C[C@@H]3C(=O)NO)s2)cc1. The number of rotatable bonds is 6. The molecule has 0 radical (unpaired) electrons. The van der Waals surface area contributed by atoms with Crippen LogP contribution in [0.15, 0.2) is 40.6 Å². The lowest BCUT2D eigenvalue weighted by Gasteiger charge is -2.37. The number of sulfonamides is 2. The summed E-state index contributed by atoms with van der Waals surface area (Å²) in [7, 11) is -6.18. The molecule has 1 atom stereocenters. The van der Waals surface area contributed by atoms with Gasteiger partial charge >= 0.3 is 0 Å². The lowest BCUT2D eigenvalue weighted by atomic mass is 10.2. The van der Waals surface area contributed by atoms with E-state index < -0.39 is 32.0 Å². The first-order valence-electron chi connectivity index (χ1n) is 8.73. The Morgan fingerprint density at radius 1 is 1.13 bits per heavy atom. The zero-order chi connectivity index (χ0) is 22.1. The molecular formula is C17H21N3O7S3. The number of methoxy groups -OCH3 is 1. The maximum absolute atomic E-state index is 13.2. The van der Waals surface area contributed by atoms with Gasteiger partial charge in [-0.3, -0.25) is 10.0 Å². The van der Waals surface area contributed by atoms with Crippen LogP contribution < -0.4 is 10.2 Å². The number of carbonyl (C=O) groups is 1. The van der Waals surface area contributed by atoms with Crippen molar-refractivity contribution < 1.29 is 31.6 Å². The van der Waals surface area contributed by atoms with E-state index >= 15 is 0 Å². The average Bonchev–Trinajstić information content (AvgIpc) is 3.23. The largest absolute Gasteiger partial charge is 0.497 e. The van der Waals surface area contributed by atoms with Crippen LogP contribution in [-0.4, -0.2) is 75.6 Å². The monoisotopic (exact) mass is 475 g/mol. The lowest BCUT2D eigenvalue weighted by molar-refractivity contribution is -0.134. The molecule has 1 fully saturated rings. The van der Waals surface area contributed by atoms with Crippen LogP contribution in [0.4, 0.5) is 0 Å². The molecule has 1 saturated heterocycles. The molecule has 1 amide bonds. The van der Waals surface area contributed by atoms with E-state index in [9.17, 15) is 21.6 Å². The maximum Gasteiger partial charge on any atom is 0.263 e. The third-order valence-electron chi connectivity index (χ3n) is 4.69. The minimum atomic E-state index is -4.10. The fraction of sp³-hybridized carbons (Fsp3) is 0.353. The summed E-state index contributed by atoms with van der Waals surface area (Å²) in [4.78, 5) is 12.8. The van der Waals surface area contributed by atoms with E-state index in [2.05, 4.69) is 0 Å². The van der Waals surface area contributed by atoms with Crippen LogP contribution in [0.2, 0.25) is 0 Å². The maximum atomic E-state index is 13.2. The number of benzene rings is 1. The van der Waals surface area contributed by atoms with E-state index in [1.165, 1.54) is 11.5 Å². The van der Waals surface area contributed by atoms with Gasteiger partial charge in [-0.25, -0.2) is 22.3 Å². The Balaban J connectivity index is 1.91. The van der Waals surface area contributed by atoms with Crippen molar-refractivity contribution in [3.63, 3.8) is 0 Å². The summed E-state index contributed by atoms with van der Waals surface area (Å²) < 4.78 is 57.1. The Labute approximate surface area is 178 Å². The van der Waals surface area contributed by atoms with Crippen LogP contribution in [-0.2, 0) is 24.8 Å². The predicted octanol–water partition coefficient (Wildman–Crippen LogP) is 0.564. The number of amides is 1. The second-order valence-corrected chi connectivity index (χ2v) is 11.8. The summed E-state index contributed by atoms with van der Waals surface area (Å²) in [5.74, 6) is -0.330. The molecule has 2 heterocycles. The highest BCUT2D eigenvalue weighted by Gasteiger charge is 2.42. The van der Waals surface area contributed by atoms with Gasteiger partial charge in [-0.15, -0.1) is 11.3 Å². The molecule has 2 aromatic rings. The minimum absolute atomic E-state index is 0.0110. The molecule has 13 heteroatoms. The van der Waals surface area contributed by atoms with E-state index in [0.717, 1.165) is 31.8 Å². The first-order valence-corrected chi connectivity index (χ1v) is 12.8. The van der Waals surface area contributed by atoms with Crippen molar-refractivity contribution in [2.75, 3.05) is 33.0 Å². The molecule has 1 aliphatic rings. The zero-order valence-electron chi connectivity index (χ0n) is 16.2. The molecule has 0 unspecified atom stereocenters. The second-order valence-electron chi connectivity index (χ2n) is 6.58. The van der Waals surface area contributed by atoms with Gasteiger partial charge in [0.25, 0.3) is 15.9 Å². The molecule has 1 aliphatic heterocycles. The Bertz CT molecular complexity index is 1130. The molecular weight excluding hydrogens is 454 g/mol. The number of thiophene rings is 1. The number of piperazine rings is 1. The molecule has 0 bridgehead atoms. The Morgan fingerprint density at radius 3 is 2.37 bits per heavy atom. The molecule has 1 aromatic carbocycles. The topological polar surface area (TPSA) is 133 Å². The zero-order valence-corrected chi connectivity index (χ0v) is 18.6. The van der Waals surface area contributed by atoms with Gasteiger partial charge in [0.05, 0.1) is 13.4 Å². The van der Waals surface area contributed by atoms with E-state index in [1.54, 1.807) is 37.4 Å². The molecule has 164 valence electrons. The van der Waals surface area contributed by atoms with Crippen LogP contribution >= 0.6 is 11.3 Å². The molecule has 10 nitrogen and oxygen atoms in total. The highest BCUT2D eigenvalue weighted by Crippen LogP contribution is 2.34. The van der Waals surface area contributed by atoms with Crippen LogP contribution in [0.3, 0.4) is 0 Å². The minimum Gasteiger partial charge on any atom is -0.497 e. The molecule has 1 aromatic heterocycles. The number of carbonyl (C=O) groups excluding carboxylic acids is 1. The van der Waals surface area contributed by atoms with Gasteiger partial charge in [-0.1, -0.05) is 0 Å². The van der Waals surface area contributed by atoms with Crippen LogP contribution in [0.5, 0.6) is 5.75 Å². The van der Waals surface area contributed by atoms with Gasteiger partial charge < -0.3 is 4.74 Å². The average molecular weight is 476 g/mol. The first-order chi connectivity index (χ1) is 14.1. The van der Waals surface area contributed by atoms with Gasteiger partial charge in [0, 0.05) is 24.5 Å². The Hall–Kier alpha value is -2.03. The van der Waals surface area contributed by atoms with E-state index in [-0.39, 0.29) is 23.8 Å². The molecule has 0 saturated carbocycles. The predicted molar refractivity (Wildman–Crippen MR) is 110 cm³/mol. The van der Waals surface area contributed by atoms with Crippen molar-refractivity contribution in [3.8, 4) is 16.2 Å². The molecule has 3 rings (SSSR count). The number of nitrogens with zero attached hydrogens (tertiary/aromatic N) is 2. The number of hydrogen-bond acceptors (Lipinski definition) is 8. The first kappa shape index (κ1) is 22.7. The highest BCUT2D eigenvalue weighted by molar-refractivity contribution is 7.91. The third kappa shape index (κ3) is 4.50. The number of hydroxylamine groups is 1. The quantitative estimate of drug-likeness (QED) is 0.461. The normalized spacial score (nSPS) is 18.8. The van der Waals surface area contributed by atoms with Crippen molar-refractivity contribution in [2.45, 2.75) is 10.3 Å². The van der Waals surface area contributed by atoms with Gasteiger partial charge in [-0.2, -0.15) is 8.61 Å². The van der Waals surface area contributed by atoms with Gasteiger partial charge in [0.15, 0.2) is 0 Å². The van der Waals surface area contributed by atoms with E-state index in [1.807, 2.05) is 0 Å². The van der Waals surface area contributed by atoms with Crippen molar-refractivity contribution in [2.24, 2.45) is 0 Å².